The number of halogens is 1. The quantitative estimate of drug-likeness (QED) is 0.826. The molecule has 1 atom stereocenters. The molecule has 1 saturated heterocycles. The number of nitrogens with one attached hydrogen (secondary N) is 1. The lowest BCUT2D eigenvalue weighted by Crippen LogP contribution is -2.55. The molecule has 1 fully saturated rings. The Morgan fingerprint density at radius 2 is 2.11 bits per heavy atom. The fourth-order valence-electron chi connectivity index (χ4n) is 1.95. The zero-order valence-corrected chi connectivity index (χ0v) is 9.60. The molecule has 2 rings (SSSR count). The van der Waals surface area contributed by atoms with Crippen molar-refractivity contribution >= 4 is 17.6 Å². The molecule has 1 aromatic rings. The van der Waals surface area contributed by atoms with E-state index in [1.54, 1.807) is 0 Å². The van der Waals surface area contributed by atoms with Gasteiger partial charge in [-0.2, -0.15) is 0 Å². The lowest BCUT2D eigenvalue weighted by atomic mass is 10.1. The summed E-state index contributed by atoms with van der Waals surface area (Å²) in [6.45, 7) is 0.960. The second-order valence-corrected chi connectivity index (χ2v) is 4.07. The molecule has 0 saturated carbocycles. The summed E-state index contributed by atoms with van der Waals surface area (Å²) in [5.41, 5.74) is 0.582. The number of piperazine rings is 1. The molecule has 96 valence electrons. The molecule has 0 aliphatic carbocycles. The van der Waals surface area contributed by atoms with Gasteiger partial charge in [-0.05, 0) is 24.3 Å². The van der Waals surface area contributed by atoms with E-state index >= 15 is 0 Å². The molecule has 1 aliphatic rings. The zero-order valence-electron chi connectivity index (χ0n) is 9.60. The van der Waals surface area contributed by atoms with Crippen LogP contribution in [0.4, 0.5) is 10.1 Å². The molecule has 1 heterocycles. The number of hydrogen-bond acceptors (Lipinski definition) is 3. The van der Waals surface area contributed by atoms with Crippen molar-refractivity contribution < 1.29 is 19.1 Å². The van der Waals surface area contributed by atoms with Crippen molar-refractivity contribution in [2.45, 2.75) is 12.5 Å². The number of nitrogens with zero attached hydrogens (tertiary/aromatic N) is 1. The van der Waals surface area contributed by atoms with Gasteiger partial charge in [-0.25, -0.2) is 4.39 Å². The number of aliphatic carboxylic acids is 1. The van der Waals surface area contributed by atoms with E-state index in [0.717, 1.165) is 0 Å². The number of hydrogen-bond donors (Lipinski definition) is 2. The highest BCUT2D eigenvalue weighted by atomic mass is 19.1. The van der Waals surface area contributed by atoms with Gasteiger partial charge in [-0.1, -0.05) is 0 Å². The number of anilines is 1. The van der Waals surface area contributed by atoms with E-state index in [4.69, 9.17) is 5.11 Å². The highest BCUT2D eigenvalue weighted by Gasteiger charge is 2.30. The second-order valence-electron chi connectivity index (χ2n) is 4.07. The van der Waals surface area contributed by atoms with Crippen LogP contribution in [0.15, 0.2) is 24.3 Å². The van der Waals surface area contributed by atoms with Crippen LogP contribution in [-0.4, -0.2) is 36.1 Å². The lowest BCUT2D eigenvalue weighted by Gasteiger charge is -2.32. The smallest absolute Gasteiger partial charge is 0.305 e. The molecule has 0 radical (unpaired) electrons. The summed E-state index contributed by atoms with van der Waals surface area (Å²) < 4.78 is 12.8. The van der Waals surface area contributed by atoms with Gasteiger partial charge in [0.1, 0.15) is 5.82 Å². The standard InChI is InChI=1S/C12H13FN2O3/c13-8-1-3-9(4-2-8)15-6-5-14-10(12(15)18)7-11(16)17/h1-4,10,14H,5-7H2,(H,16,17). The third kappa shape index (κ3) is 2.65. The van der Waals surface area contributed by atoms with Crippen LogP contribution in [0.25, 0.3) is 0 Å². The predicted molar refractivity (Wildman–Crippen MR) is 62.8 cm³/mol. The molecule has 0 bridgehead atoms. The summed E-state index contributed by atoms with van der Waals surface area (Å²) in [6, 6.07) is 4.85. The Morgan fingerprint density at radius 1 is 1.44 bits per heavy atom. The van der Waals surface area contributed by atoms with E-state index in [1.165, 1.54) is 29.2 Å². The molecule has 18 heavy (non-hydrogen) atoms. The molecular weight excluding hydrogens is 239 g/mol. The molecule has 1 aromatic carbocycles. The van der Waals surface area contributed by atoms with Gasteiger partial charge in [-0.3, -0.25) is 9.59 Å². The Labute approximate surface area is 103 Å². The Kier molecular flexibility index (Phi) is 3.57. The average Bonchev–Trinajstić information content (AvgIpc) is 2.33. The Morgan fingerprint density at radius 3 is 2.72 bits per heavy atom. The van der Waals surface area contributed by atoms with Crippen LogP contribution in [0.2, 0.25) is 0 Å². The summed E-state index contributed by atoms with van der Waals surface area (Å²) >= 11 is 0. The Bertz CT molecular complexity index is 461. The summed E-state index contributed by atoms with van der Waals surface area (Å²) in [5.74, 6) is -1.69. The van der Waals surface area contributed by atoms with Crippen LogP contribution in [0.1, 0.15) is 6.42 Å². The topological polar surface area (TPSA) is 69.6 Å². The fourth-order valence-corrected chi connectivity index (χ4v) is 1.95. The monoisotopic (exact) mass is 252 g/mol. The van der Waals surface area contributed by atoms with Crippen LogP contribution in [-0.2, 0) is 9.59 Å². The van der Waals surface area contributed by atoms with Crippen LogP contribution in [0.3, 0.4) is 0 Å². The van der Waals surface area contributed by atoms with Gasteiger partial charge in [0, 0.05) is 18.8 Å². The minimum absolute atomic E-state index is 0.253. The minimum atomic E-state index is -1.03. The van der Waals surface area contributed by atoms with Gasteiger partial charge in [0.25, 0.3) is 0 Å². The van der Waals surface area contributed by atoms with Gasteiger partial charge in [-0.15, -0.1) is 0 Å². The number of benzene rings is 1. The average molecular weight is 252 g/mol. The molecule has 6 heteroatoms. The highest BCUT2D eigenvalue weighted by Crippen LogP contribution is 2.18. The number of carbonyl (C=O) groups excluding carboxylic acids is 1. The van der Waals surface area contributed by atoms with E-state index in [9.17, 15) is 14.0 Å². The van der Waals surface area contributed by atoms with Gasteiger partial charge >= 0.3 is 5.97 Å². The molecule has 5 nitrogen and oxygen atoms in total. The maximum absolute atomic E-state index is 12.8. The highest BCUT2D eigenvalue weighted by molar-refractivity contribution is 5.99. The second kappa shape index (κ2) is 5.14. The van der Waals surface area contributed by atoms with Crippen molar-refractivity contribution in [1.82, 2.24) is 5.32 Å². The summed E-state index contributed by atoms with van der Waals surface area (Å²) in [7, 11) is 0. The first kappa shape index (κ1) is 12.5. The van der Waals surface area contributed by atoms with Crippen molar-refractivity contribution in [3.8, 4) is 0 Å². The van der Waals surface area contributed by atoms with Crippen LogP contribution in [0.5, 0.6) is 0 Å². The first-order chi connectivity index (χ1) is 8.58. The predicted octanol–water partition coefficient (Wildman–Crippen LogP) is 0.605. The van der Waals surface area contributed by atoms with E-state index in [1.807, 2.05) is 0 Å². The van der Waals surface area contributed by atoms with Crippen LogP contribution < -0.4 is 10.2 Å². The number of carboxylic acid groups (broad SMARTS) is 1. The number of rotatable bonds is 3. The van der Waals surface area contributed by atoms with Gasteiger partial charge < -0.3 is 15.3 Å². The fraction of sp³-hybridized carbons (Fsp3) is 0.333. The molecule has 1 unspecified atom stereocenters. The molecule has 0 spiro atoms. The van der Waals surface area contributed by atoms with Crippen molar-refractivity contribution in [3.05, 3.63) is 30.1 Å². The number of carboxylic acids is 1. The number of amides is 1. The summed E-state index contributed by atoms with van der Waals surface area (Å²) in [5, 5.41) is 11.6. The zero-order chi connectivity index (χ0) is 13.1. The molecule has 1 amide bonds. The van der Waals surface area contributed by atoms with Crippen molar-refractivity contribution in [3.63, 3.8) is 0 Å². The van der Waals surface area contributed by atoms with E-state index in [-0.39, 0.29) is 18.1 Å². The Balaban J connectivity index is 2.15. The summed E-state index contributed by atoms with van der Waals surface area (Å²) in [4.78, 5) is 24.2. The van der Waals surface area contributed by atoms with Crippen molar-refractivity contribution in [2.24, 2.45) is 0 Å². The lowest BCUT2D eigenvalue weighted by molar-refractivity contribution is -0.139. The van der Waals surface area contributed by atoms with Crippen LogP contribution in [0, 0.1) is 5.82 Å². The normalized spacial score (nSPS) is 19.9. The molecule has 2 N–H and O–H groups in total. The van der Waals surface area contributed by atoms with Crippen LogP contribution >= 0.6 is 0 Å². The van der Waals surface area contributed by atoms with Gasteiger partial charge in [0.05, 0.1) is 12.5 Å². The van der Waals surface area contributed by atoms with E-state index < -0.39 is 12.0 Å². The first-order valence-corrected chi connectivity index (χ1v) is 5.60. The molecule has 0 aromatic heterocycles. The largest absolute Gasteiger partial charge is 0.481 e. The Hall–Kier alpha value is -1.95. The van der Waals surface area contributed by atoms with Gasteiger partial charge in [0.15, 0.2) is 0 Å². The minimum Gasteiger partial charge on any atom is -0.481 e. The third-order valence-corrected chi connectivity index (χ3v) is 2.81. The van der Waals surface area contributed by atoms with Crippen molar-refractivity contribution in [2.75, 3.05) is 18.0 Å². The van der Waals surface area contributed by atoms with Gasteiger partial charge in [0.2, 0.25) is 5.91 Å². The van der Waals surface area contributed by atoms with E-state index in [2.05, 4.69) is 5.32 Å². The SMILES string of the molecule is O=C(O)CC1NCCN(c2ccc(F)cc2)C1=O. The molecule has 1 aliphatic heterocycles. The molecular formula is C12H13FN2O3. The maximum Gasteiger partial charge on any atom is 0.305 e. The summed E-state index contributed by atoms with van der Waals surface area (Å²) in [6.07, 6.45) is -0.253. The van der Waals surface area contributed by atoms with Crippen molar-refractivity contribution in [1.29, 1.82) is 0 Å². The van der Waals surface area contributed by atoms with E-state index in [0.29, 0.717) is 18.8 Å². The first-order valence-electron chi connectivity index (χ1n) is 5.60. The maximum atomic E-state index is 12.8. The third-order valence-electron chi connectivity index (χ3n) is 2.81. The number of carbonyl (C=O) groups is 2.